The molecule has 1 heterocycles. The lowest BCUT2D eigenvalue weighted by Gasteiger charge is -1.92. The van der Waals surface area contributed by atoms with Gasteiger partial charge in [0.05, 0.1) is 0 Å². The smallest absolute Gasteiger partial charge is 0.0413 e. The molecule has 0 saturated carbocycles. The Balaban J connectivity index is 2.43. The van der Waals surface area contributed by atoms with Crippen molar-refractivity contribution in [1.29, 1.82) is 0 Å². The summed E-state index contributed by atoms with van der Waals surface area (Å²) >= 11 is 0. The van der Waals surface area contributed by atoms with Gasteiger partial charge >= 0.3 is 0 Å². The summed E-state index contributed by atoms with van der Waals surface area (Å²) in [6.45, 7) is 1.86. The Kier molecular flexibility index (Phi) is 3.21. The van der Waals surface area contributed by atoms with Crippen molar-refractivity contribution in [2.45, 2.75) is 19.8 Å². The lowest BCUT2D eigenvalue weighted by atomic mass is 10.2. The molecule has 0 amide bonds. The van der Waals surface area contributed by atoms with Gasteiger partial charge in [-0.15, -0.1) is 11.8 Å². The zero-order valence-corrected chi connectivity index (χ0v) is 6.67. The maximum absolute atomic E-state index is 4.18. The Morgan fingerprint density at radius 1 is 1.45 bits per heavy atom. The molecule has 0 aromatic carbocycles. The van der Waals surface area contributed by atoms with Crippen LogP contribution in [0.5, 0.6) is 0 Å². The van der Waals surface area contributed by atoms with E-state index in [0.717, 1.165) is 18.5 Å². The van der Waals surface area contributed by atoms with Crippen molar-refractivity contribution in [2.75, 3.05) is 0 Å². The van der Waals surface area contributed by atoms with Gasteiger partial charge in [0.15, 0.2) is 0 Å². The highest BCUT2D eigenvalue weighted by atomic mass is 14.7. The molecule has 0 aliphatic carbocycles. The highest BCUT2D eigenvalue weighted by Gasteiger charge is 1.88. The van der Waals surface area contributed by atoms with Crippen LogP contribution in [0.2, 0.25) is 0 Å². The molecule has 1 aromatic heterocycles. The zero-order chi connectivity index (χ0) is 7.94. The monoisotopic (exact) mass is 145 g/mol. The molecule has 0 unspecified atom stereocenters. The van der Waals surface area contributed by atoms with Crippen LogP contribution in [-0.4, -0.2) is 4.98 Å². The van der Waals surface area contributed by atoms with Crippen LogP contribution >= 0.6 is 0 Å². The summed E-state index contributed by atoms with van der Waals surface area (Å²) in [5.74, 6) is 5.87. The van der Waals surface area contributed by atoms with Gasteiger partial charge in [-0.25, -0.2) is 0 Å². The van der Waals surface area contributed by atoms with Gasteiger partial charge in [0.1, 0.15) is 0 Å². The van der Waals surface area contributed by atoms with Crippen LogP contribution in [0.4, 0.5) is 0 Å². The summed E-state index contributed by atoms with van der Waals surface area (Å²) in [7, 11) is 0. The van der Waals surface area contributed by atoms with Crippen molar-refractivity contribution in [3.8, 4) is 11.8 Å². The van der Waals surface area contributed by atoms with Gasteiger partial charge in [0, 0.05) is 24.7 Å². The van der Waals surface area contributed by atoms with Crippen LogP contribution < -0.4 is 0 Å². The van der Waals surface area contributed by atoms with E-state index in [9.17, 15) is 0 Å². The van der Waals surface area contributed by atoms with E-state index in [4.69, 9.17) is 0 Å². The highest BCUT2D eigenvalue weighted by Crippen LogP contribution is 1.96. The third-order valence-electron chi connectivity index (χ3n) is 1.41. The van der Waals surface area contributed by atoms with Crippen molar-refractivity contribution in [3.63, 3.8) is 0 Å². The first-order valence-electron chi connectivity index (χ1n) is 3.73. The van der Waals surface area contributed by atoms with E-state index in [1.807, 2.05) is 31.3 Å². The largest absolute Gasteiger partial charge is 0.261 e. The van der Waals surface area contributed by atoms with Crippen LogP contribution in [0, 0.1) is 11.8 Å². The van der Waals surface area contributed by atoms with Gasteiger partial charge in [-0.05, 0) is 19.1 Å². The predicted octanol–water partition coefficient (Wildman–Crippen LogP) is 2.04. The van der Waals surface area contributed by atoms with Gasteiger partial charge in [-0.3, -0.25) is 4.98 Å². The van der Waals surface area contributed by atoms with Gasteiger partial charge in [0.25, 0.3) is 0 Å². The Morgan fingerprint density at radius 3 is 3.00 bits per heavy atom. The third-order valence-corrected chi connectivity index (χ3v) is 1.41. The van der Waals surface area contributed by atoms with E-state index in [-0.39, 0.29) is 0 Å². The first kappa shape index (κ1) is 7.81. The van der Waals surface area contributed by atoms with Crippen molar-refractivity contribution in [3.05, 3.63) is 30.1 Å². The maximum Gasteiger partial charge on any atom is 0.0413 e. The van der Waals surface area contributed by atoms with E-state index in [1.54, 1.807) is 0 Å². The normalized spacial score (nSPS) is 8.45. The lowest BCUT2D eigenvalue weighted by Crippen LogP contribution is -1.86. The van der Waals surface area contributed by atoms with E-state index >= 15 is 0 Å². The number of pyridine rings is 1. The average Bonchev–Trinajstić information content (AvgIpc) is 2.07. The van der Waals surface area contributed by atoms with Crippen LogP contribution in [0.3, 0.4) is 0 Å². The minimum atomic E-state index is 0.910. The number of aromatic nitrogens is 1. The molecule has 0 aliphatic rings. The van der Waals surface area contributed by atoms with Gasteiger partial charge in [0.2, 0.25) is 0 Å². The van der Waals surface area contributed by atoms with Crippen molar-refractivity contribution >= 4 is 0 Å². The fourth-order valence-electron chi connectivity index (χ4n) is 0.862. The maximum atomic E-state index is 4.18. The molecule has 1 rings (SSSR count). The second kappa shape index (κ2) is 4.51. The third kappa shape index (κ3) is 2.86. The fourth-order valence-corrected chi connectivity index (χ4v) is 0.862. The second-order valence-corrected chi connectivity index (χ2v) is 2.25. The molecule has 0 fully saturated rings. The first-order valence-corrected chi connectivity index (χ1v) is 3.73. The van der Waals surface area contributed by atoms with E-state index in [0.29, 0.717) is 0 Å². The lowest BCUT2D eigenvalue weighted by molar-refractivity contribution is 0.962. The number of rotatable bonds is 2. The summed E-state index contributed by atoms with van der Waals surface area (Å²) < 4.78 is 0. The van der Waals surface area contributed by atoms with Crippen molar-refractivity contribution in [1.82, 2.24) is 4.98 Å². The summed E-state index contributed by atoms with van der Waals surface area (Å²) in [6.07, 6.45) is 3.68. The molecule has 1 heteroatoms. The highest BCUT2D eigenvalue weighted by molar-refractivity contribution is 5.06. The Bertz CT molecular complexity index is 253. The molecule has 11 heavy (non-hydrogen) atoms. The van der Waals surface area contributed by atoms with E-state index < -0.39 is 0 Å². The molecule has 56 valence electrons. The Labute approximate surface area is 67.5 Å². The quantitative estimate of drug-likeness (QED) is 0.580. The molecule has 0 bridgehead atoms. The molecule has 1 aromatic rings. The van der Waals surface area contributed by atoms with Crippen molar-refractivity contribution < 1.29 is 0 Å². The first-order chi connectivity index (χ1) is 5.43. The summed E-state index contributed by atoms with van der Waals surface area (Å²) in [6, 6.07) is 5.95. The summed E-state index contributed by atoms with van der Waals surface area (Å²) in [5, 5.41) is 0. The minimum Gasteiger partial charge on any atom is -0.261 e. The van der Waals surface area contributed by atoms with Gasteiger partial charge in [-0.1, -0.05) is 6.07 Å². The van der Waals surface area contributed by atoms with E-state index in [2.05, 4.69) is 16.8 Å². The van der Waals surface area contributed by atoms with Crippen LogP contribution in [0.1, 0.15) is 19.0 Å². The van der Waals surface area contributed by atoms with Crippen molar-refractivity contribution in [2.24, 2.45) is 0 Å². The van der Waals surface area contributed by atoms with Gasteiger partial charge < -0.3 is 0 Å². The fraction of sp³-hybridized carbons (Fsp3) is 0.300. The molecule has 0 saturated heterocycles. The standard InChI is InChI=1S/C10H11N/c1-2-3-4-7-10-8-5-6-9-11-10/h5-6,8-9H,4,7H2,1H3. The zero-order valence-electron chi connectivity index (χ0n) is 6.67. The van der Waals surface area contributed by atoms with Gasteiger partial charge in [-0.2, -0.15) is 0 Å². The van der Waals surface area contributed by atoms with E-state index in [1.165, 1.54) is 0 Å². The number of hydrogen-bond donors (Lipinski definition) is 0. The topological polar surface area (TPSA) is 12.9 Å². The summed E-state index contributed by atoms with van der Waals surface area (Å²) in [5.41, 5.74) is 1.12. The van der Waals surface area contributed by atoms with Crippen LogP contribution in [0.25, 0.3) is 0 Å². The molecular formula is C10H11N. The van der Waals surface area contributed by atoms with Crippen LogP contribution in [-0.2, 0) is 6.42 Å². The predicted molar refractivity (Wildman–Crippen MR) is 46.0 cm³/mol. The Morgan fingerprint density at radius 2 is 2.36 bits per heavy atom. The summed E-state index contributed by atoms with van der Waals surface area (Å²) in [4.78, 5) is 4.18. The average molecular weight is 145 g/mol. The molecule has 1 nitrogen and oxygen atoms in total. The minimum absolute atomic E-state index is 0.910. The number of hydrogen-bond acceptors (Lipinski definition) is 1. The second-order valence-electron chi connectivity index (χ2n) is 2.25. The number of aryl methyl sites for hydroxylation is 1. The molecule has 0 aliphatic heterocycles. The Hall–Kier alpha value is -1.29. The molecule has 0 radical (unpaired) electrons. The van der Waals surface area contributed by atoms with Crippen LogP contribution in [0.15, 0.2) is 24.4 Å². The molecule has 0 atom stereocenters. The molecule has 0 N–H and O–H groups in total. The molecular weight excluding hydrogens is 134 g/mol. The number of nitrogens with zero attached hydrogens (tertiary/aromatic N) is 1. The SMILES string of the molecule is CC#CCCc1ccccn1. The molecule has 0 spiro atoms.